The molecular weight excluding hydrogens is 442 g/mol. The van der Waals surface area contributed by atoms with E-state index in [1.807, 2.05) is 24.3 Å². The molecular formula is C24H25N3O5S. The van der Waals surface area contributed by atoms with Gasteiger partial charge in [-0.05, 0) is 41.1 Å². The summed E-state index contributed by atoms with van der Waals surface area (Å²) >= 11 is 0. The maximum absolute atomic E-state index is 13.1. The van der Waals surface area contributed by atoms with Gasteiger partial charge >= 0.3 is 0 Å². The molecule has 0 atom stereocenters. The minimum absolute atomic E-state index is 0.159. The molecule has 1 aliphatic rings. The van der Waals surface area contributed by atoms with Gasteiger partial charge in [0.2, 0.25) is 15.9 Å². The Labute approximate surface area is 192 Å². The number of ether oxygens (including phenoxy) is 1. The number of fused-ring (bicyclic) bond motifs is 1. The Bertz CT molecular complexity index is 1280. The van der Waals surface area contributed by atoms with Crippen LogP contribution in [0.5, 0.6) is 5.75 Å². The Kier molecular flexibility index (Phi) is 6.62. The number of rotatable bonds is 6. The van der Waals surface area contributed by atoms with Crippen LogP contribution in [0.2, 0.25) is 0 Å². The Morgan fingerprint density at radius 3 is 2.36 bits per heavy atom. The van der Waals surface area contributed by atoms with Crippen molar-refractivity contribution in [3.8, 4) is 5.75 Å². The SMILES string of the molecule is COc1cccc(C(=O)NCC(=O)N2CCN(S(=O)(=O)c3ccc4ccccc4c3)CC2)c1. The topological polar surface area (TPSA) is 96.0 Å². The fourth-order valence-electron chi connectivity index (χ4n) is 3.79. The molecule has 0 aromatic heterocycles. The van der Waals surface area contributed by atoms with E-state index in [0.717, 1.165) is 10.8 Å². The molecule has 3 aromatic rings. The highest BCUT2D eigenvalue weighted by Crippen LogP contribution is 2.23. The average Bonchev–Trinajstić information content (AvgIpc) is 2.86. The van der Waals surface area contributed by atoms with E-state index in [9.17, 15) is 18.0 Å². The normalized spacial score (nSPS) is 14.8. The van der Waals surface area contributed by atoms with E-state index in [4.69, 9.17) is 4.74 Å². The van der Waals surface area contributed by atoms with Crippen LogP contribution < -0.4 is 10.1 Å². The summed E-state index contributed by atoms with van der Waals surface area (Å²) in [7, 11) is -2.14. The first-order valence-electron chi connectivity index (χ1n) is 10.6. The molecule has 33 heavy (non-hydrogen) atoms. The molecule has 9 heteroatoms. The van der Waals surface area contributed by atoms with Gasteiger partial charge in [0.05, 0.1) is 18.6 Å². The van der Waals surface area contributed by atoms with E-state index < -0.39 is 10.0 Å². The first-order chi connectivity index (χ1) is 15.9. The molecule has 8 nitrogen and oxygen atoms in total. The second-order valence-electron chi connectivity index (χ2n) is 7.71. The van der Waals surface area contributed by atoms with Gasteiger partial charge in [-0.2, -0.15) is 4.31 Å². The molecule has 1 aliphatic heterocycles. The van der Waals surface area contributed by atoms with E-state index in [1.54, 1.807) is 47.4 Å². The molecule has 4 rings (SSSR count). The molecule has 2 amide bonds. The largest absolute Gasteiger partial charge is 0.497 e. The highest BCUT2D eigenvalue weighted by atomic mass is 32.2. The number of methoxy groups -OCH3 is 1. The number of hydrogen-bond donors (Lipinski definition) is 1. The monoisotopic (exact) mass is 467 g/mol. The number of carbonyl (C=O) groups excluding carboxylic acids is 2. The van der Waals surface area contributed by atoms with E-state index in [0.29, 0.717) is 11.3 Å². The summed E-state index contributed by atoms with van der Waals surface area (Å²) < 4.78 is 32.7. The minimum Gasteiger partial charge on any atom is -0.497 e. The number of hydrogen-bond acceptors (Lipinski definition) is 5. The summed E-state index contributed by atoms with van der Waals surface area (Å²) in [6, 6.07) is 19.3. The zero-order valence-corrected chi connectivity index (χ0v) is 19.0. The van der Waals surface area contributed by atoms with Crippen molar-refractivity contribution in [1.82, 2.24) is 14.5 Å². The zero-order chi connectivity index (χ0) is 23.4. The number of nitrogens with zero attached hydrogens (tertiary/aromatic N) is 2. The van der Waals surface area contributed by atoms with Gasteiger partial charge in [-0.3, -0.25) is 9.59 Å². The van der Waals surface area contributed by atoms with E-state index >= 15 is 0 Å². The highest BCUT2D eigenvalue weighted by molar-refractivity contribution is 7.89. The van der Waals surface area contributed by atoms with Crippen molar-refractivity contribution in [2.24, 2.45) is 0 Å². The number of sulfonamides is 1. The first-order valence-corrected chi connectivity index (χ1v) is 12.0. The summed E-state index contributed by atoms with van der Waals surface area (Å²) in [5, 5.41) is 4.45. The lowest BCUT2D eigenvalue weighted by Gasteiger charge is -2.34. The number of amides is 2. The van der Waals surface area contributed by atoms with Crippen LogP contribution in [0.1, 0.15) is 10.4 Å². The van der Waals surface area contributed by atoms with Crippen molar-refractivity contribution in [1.29, 1.82) is 0 Å². The molecule has 1 fully saturated rings. The van der Waals surface area contributed by atoms with Crippen molar-refractivity contribution >= 4 is 32.6 Å². The molecule has 1 heterocycles. The molecule has 0 radical (unpaired) electrons. The molecule has 0 spiro atoms. The van der Waals surface area contributed by atoms with E-state index in [1.165, 1.54) is 11.4 Å². The predicted molar refractivity (Wildman–Crippen MR) is 125 cm³/mol. The number of benzene rings is 3. The lowest BCUT2D eigenvalue weighted by molar-refractivity contribution is -0.131. The maximum atomic E-state index is 13.1. The van der Waals surface area contributed by atoms with Crippen LogP contribution in [-0.4, -0.2) is 69.3 Å². The zero-order valence-electron chi connectivity index (χ0n) is 18.2. The Morgan fingerprint density at radius 1 is 0.909 bits per heavy atom. The van der Waals surface area contributed by atoms with Gasteiger partial charge in [-0.15, -0.1) is 0 Å². The summed E-state index contributed by atoms with van der Waals surface area (Å²) in [6.07, 6.45) is 0. The van der Waals surface area contributed by atoms with Crippen LogP contribution in [0.15, 0.2) is 71.6 Å². The first kappa shape index (κ1) is 22.8. The van der Waals surface area contributed by atoms with Gasteiger partial charge in [-0.1, -0.05) is 36.4 Å². The lowest BCUT2D eigenvalue weighted by Crippen LogP contribution is -2.52. The van der Waals surface area contributed by atoms with Crippen molar-refractivity contribution in [2.75, 3.05) is 39.8 Å². The van der Waals surface area contributed by atoms with Gasteiger partial charge in [0.25, 0.3) is 5.91 Å². The average molecular weight is 468 g/mol. The van der Waals surface area contributed by atoms with Crippen LogP contribution in [-0.2, 0) is 14.8 Å². The van der Waals surface area contributed by atoms with Crippen LogP contribution in [0, 0.1) is 0 Å². The van der Waals surface area contributed by atoms with Crippen molar-refractivity contribution in [3.63, 3.8) is 0 Å². The highest BCUT2D eigenvalue weighted by Gasteiger charge is 2.30. The van der Waals surface area contributed by atoms with Crippen LogP contribution in [0.4, 0.5) is 0 Å². The molecule has 1 N–H and O–H groups in total. The second kappa shape index (κ2) is 9.60. The fraction of sp³-hybridized carbons (Fsp3) is 0.250. The maximum Gasteiger partial charge on any atom is 0.251 e. The van der Waals surface area contributed by atoms with E-state index in [-0.39, 0.29) is 49.4 Å². The van der Waals surface area contributed by atoms with Gasteiger partial charge in [0.15, 0.2) is 0 Å². The number of nitrogens with one attached hydrogen (secondary N) is 1. The predicted octanol–water partition coefficient (Wildman–Crippen LogP) is 2.11. The molecule has 3 aromatic carbocycles. The van der Waals surface area contributed by atoms with Crippen molar-refractivity contribution < 1.29 is 22.7 Å². The molecule has 172 valence electrons. The van der Waals surface area contributed by atoms with Gasteiger partial charge in [0, 0.05) is 31.7 Å². The summed E-state index contributed by atoms with van der Waals surface area (Å²) in [4.78, 5) is 26.7. The third kappa shape index (κ3) is 4.99. The van der Waals surface area contributed by atoms with Gasteiger partial charge in [-0.25, -0.2) is 8.42 Å². The Balaban J connectivity index is 1.33. The molecule has 1 saturated heterocycles. The summed E-state index contributed by atoms with van der Waals surface area (Å²) in [5.74, 6) is -0.0773. The Morgan fingerprint density at radius 2 is 1.64 bits per heavy atom. The molecule has 0 aliphatic carbocycles. The van der Waals surface area contributed by atoms with Crippen LogP contribution in [0.3, 0.4) is 0 Å². The summed E-state index contributed by atoms with van der Waals surface area (Å²) in [6.45, 7) is 0.768. The molecule has 0 unspecified atom stereocenters. The van der Waals surface area contributed by atoms with Crippen molar-refractivity contribution in [3.05, 3.63) is 72.3 Å². The van der Waals surface area contributed by atoms with Crippen molar-refractivity contribution in [2.45, 2.75) is 4.90 Å². The summed E-state index contributed by atoms with van der Waals surface area (Å²) in [5.41, 5.74) is 0.397. The number of carbonyl (C=O) groups is 2. The standard InChI is InChI=1S/C24H25N3O5S/c1-32-21-8-4-7-20(15-21)24(29)25-17-23(28)26-11-13-27(14-12-26)33(30,31)22-10-9-18-5-2-3-6-19(18)16-22/h2-10,15-16H,11-14,17H2,1H3,(H,25,29). The van der Waals surface area contributed by atoms with Crippen LogP contribution >= 0.6 is 0 Å². The quantitative estimate of drug-likeness (QED) is 0.599. The van der Waals surface area contributed by atoms with Gasteiger partial charge in [0.1, 0.15) is 5.75 Å². The van der Waals surface area contributed by atoms with E-state index in [2.05, 4.69) is 5.32 Å². The Hall–Kier alpha value is -3.43. The smallest absolute Gasteiger partial charge is 0.251 e. The number of piperazine rings is 1. The lowest BCUT2D eigenvalue weighted by atomic mass is 10.1. The van der Waals surface area contributed by atoms with Crippen LogP contribution in [0.25, 0.3) is 10.8 Å². The molecule has 0 bridgehead atoms. The fourth-order valence-corrected chi connectivity index (χ4v) is 5.25. The third-order valence-electron chi connectivity index (χ3n) is 5.68. The minimum atomic E-state index is -3.66. The van der Waals surface area contributed by atoms with Gasteiger partial charge < -0.3 is 15.0 Å². The second-order valence-corrected chi connectivity index (χ2v) is 9.65. The molecule has 0 saturated carbocycles. The third-order valence-corrected chi connectivity index (χ3v) is 7.58.